The van der Waals surface area contributed by atoms with Gasteiger partial charge in [-0.15, -0.1) is 0 Å². The molecule has 4 aliphatic carbocycles. The Morgan fingerprint density at radius 2 is 1.53 bits per heavy atom. The third-order valence-electron chi connectivity index (χ3n) is 7.15. The summed E-state index contributed by atoms with van der Waals surface area (Å²) in [6.45, 7) is 3.66. The highest BCUT2D eigenvalue weighted by Gasteiger charge is 2.51. The maximum absolute atomic E-state index is 12.6. The number of aryl methyl sites for hydroxylation is 1. The van der Waals surface area contributed by atoms with Gasteiger partial charge >= 0.3 is 6.03 Å². The number of imide groups is 1. The lowest BCUT2D eigenvalue weighted by atomic mass is 9.53. The first-order valence-corrected chi connectivity index (χ1v) is 10.9. The number of rotatable bonds is 6. The minimum atomic E-state index is -0.580. The summed E-state index contributed by atoms with van der Waals surface area (Å²) in [5.41, 5.74) is 1.57. The molecule has 0 saturated heterocycles. The molecule has 4 bridgehead atoms. The molecule has 1 aromatic carbocycles. The van der Waals surface area contributed by atoms with Gasteiger partial charge < -0.3 is 20.1 Å². The number of hydrogen-bond donors (Lipinski definition) is 3. The lowest BCUT2D eigenvalue weighted by Gasteiger charge is -2.56. The maximum atomic E-state index is 12.6. The molecular weight excluding hydrogens is 382 g/mol. The van der Waals surface area contributed by atoms with E-state index in [1.165, 1.54) is 19.3 Å². The Hall–Kier alpha value is -2.44. The van der Waals surface area contributed by atoms with Gasteiger partial charge in [-0.05, 0) is 81.8 Å². The van der Waals surface area contributed by atoms with E-state index < -0.39 is 6.04 Å². The van der Waals surface area contributed by atoms with Gasteiger partial charge in [0.2, 0.25) is 5.91 Å². The van der Waals surface area contributed by atoms with Crippen molar-refractivity contribution < 1.29 is 19.1 Å². The van der Waals surface area contributed by atoms with Crippen LogP contribution in [0.1, 0.15) is 51.0 Å². The first-order valence-electron chi connectivity index (χ1n) is 10.9. The normalized spacial score (nSPS) is 29.8. The third kappa shape index (κ3) is 4.07. The van der Waals surface area contributed by atoms with Gasteiger partial charge in [-0.1, -0.05) is 0 Å². The molecule has 4 saturated carbocycles. The molecule has 4 fully saturated rings. The number of benzene rings is 1. The maximum Gasteiger partial charge on any atom is 0.321 e. The second-order valence-corrected chi connectivity index (χ2v) is 9.53. The Kier molecular flexibility index (Phi) is 5.55. The van der Waals surface area contributed by atoms with Gasteiger partial charge in [0.25, 0.3) is 0 Å². The van der Waals surface area contributed by atoms with E-state index in [0.29, 0.717) is 11.5 Å². The van der Waals surface area contributed by atoms with Crippen LogP contribution in [-0.2, 0) is 4.79 Å². The molecule has 30 heavy (non-hydrogen) atoms. The third-order valence-corrected chi connectivity index (χ3v) is 7.15. The predicted molar refractivity (Wildman–Crippen MR) is 115 cm³/mol. The topological polar surface area (TPSA) is 88.7 Å². The molecule has 4 aliphatic rings. The van der Waals surface area contributed by atoms with Crippen LogP contribution in [-0.4, -0.2) is 37.7 Å². The monoisotopic (exact) mass is 415 g/mol. The summed E-state index contributed by atoms with van der Waals surface area (Å²) < 4.78 is 10.7. The fraction of sp³-hybridized carbons (Fsp3) is 0.652. The standard InChI is InChI=1S/C23H33N3O4/c1-13-5-19(29-3)20(30-4)9-18(13)24-14(2)21(27)25-22(28)26-23-10-15-6-16(11-23)8-17(7-15)12-23/h5,9,14-17,24H,6-8,10-12H2,1-4H3,(H2,25,26,27,28)/t14-,15?,16?,17?,23?/m0/s1. The second-order valence-electron chi connectivity index (χ2n) is 9.53. The average Bonchev–Trinajstić information content (AvgIpc) is 2.67. The van der Waals surface area contributed by atoms with E-state index in [1.54, 1.807) is 27.2 Å². The highest BCUT2D eigenvalue weighted by molar-refractivity contribution is 5.98. The molecule has 7 heteroatoms. The first kappa shape index (κ1) is 20.8. The zero-order chi connectivity index (χ0) is 21.5. The van der Waals surface area contributed by atoms with Gasteiger partial charge in [0, 0.05) is 17.3 Å². The lowest BCUT2D eigenvalue weighted by Crippen LogP contribution is -2.62. The van der Waals surface area contributed by atoms with Crippen LogP contribution < -0.4 is 25.4 Å². The first-order chi connectivity index (χ1) is 14.3. The molecule has 1 atom stereocenters. The molecule has 0 unspecified atom stereocenters. The molecule has 0 spiro atoms. The van der Waals surface area contributed by atoms with Gasteiger partial charge in [-0.25, -0.2) is 4.79 Å². The zero-order valence-corrected chi connectivity index (χ0v) is 18.3. The van der Waals surface area contributed by atoms with Crippen LogP contribution in [0.4, 0.5) is 10.5 Å². The van der Waals surface area contributed by atoms with E-state index in [9.17, 15) is 9.59 Å². The number of methoxy groups -OCH3 is 2. The molecular formula is C23H33N3O4. The van der Waals surface area contributed by atoms with Gasteiger partial charge in [0.1, 0.15) is 6.04 Å². The number of carbonyl (C=O) groups excluding carboxylic acids is 2. The van der Waals surface area contributed by atoms with Crippen molar-refractivity contribution in [3.8, 4) is 11.5 Å². The zero-order valence-electron chi connectivity index (χ0n) is 18.3. The lowest BCUT2D eigenvalue weighted by molar-refractivity contribution is -0.120. The Labute approximate surface area is 178 Å². The number of nitrogens with one attached hydrogen (secondary N) is 3. The van der Waals surface area contributed by atoms with Crippen LogP contribution >= 0.6 is 0 Å². The van der Waals surface area contributed by atoms with Crippen LogP contribution in [0.25, 0.3) is 0 Å². The second kappa shape index (κ2) is 8.00. The molecule has 0 aliphatic heterocycles. The minimum Gasteiger partial charge on any atom is -0.493 e. The quantitative estimate of drug-likeness (QED) is 0.661. The summed E-state index contributed by atoms with van der Waals surface area (Å²) in [4.78, 5) is 25.3. The molecule has 5 rings (SSSR count). The van der Waals surface area contributed by atoms with E-state index in [0.717, 1.165) is 48.3 Å². The van der Waals surface area contributed by atoms with Crippen molar-refractivity contribution >= 4 is 17.6 Å². The fourth-order valence-corrected chi connectivity index (χ4v) is 6.19. The molecule has 0 aromatic heterocycles. The van der Waals surface area contributed by atoms with E-state index in [2.05, 4.69) is 16.0 Å². The Bertz CT molecular complexity index is 803. The van der Waals surface area contributed by atoms with Gasteiger partial charge in [0.05, 0.1) is 14.2 Å². The molecule has 164 valence electrons. The van der Waals surface area contributed by atoms with E-state index in [1.807, 2.05) is 13.0 Å². The highest BCUT2D eigenvalue weighted by atomic mass is 16.5. The molecule has 3 amide bonds. The number of ether oxygens (including phenoxy) is 2. The smallest absolute Gasteiger partial charge is 0.321 e. The van der Waals surface area contributed by atoms with Crippen molar-refractivity contribution in [3.63, 3.8) is 0 Å². The number of carbonyl (C=O) groups is 2. The number of anilines is 1. The summed E-state index contributed by atoms with van der Waals surface area (Å²) in [7, 11) is 3.16. The Morgan fingerprint density at radius 1 is 1.00 bits per heavy atom. The Morgan fingerprint density at radius 3 is 2.07 bits per heavy atom. The Balaban J connectivity index is 1.35. The molecule has 0 heterocycles. The summed E-state index contributed by atoms with van der Waals surface area (Å²) in [5, 5.41) is 8.90. The summed E-state index contributed by atoms with van der Waals surface area (Å²) >= 11 is 0. The molecule has 3 N–H and O–H groups in total. The van der Waals surface area contributed by atoms with Gasteiger partial charge in [-0.3, -0.25) is 10.1 Å². The van der Waals surface area contributed by atoms with E-state index >= 15 is 0 Å². The summed E-state index contributed by atoms with van der Waals surface area (Å²) in [6, 6.07) is 2.70. The van der Waals surface area contributed by atoms with Crippen molar-refractivity contribution in [1.82, 2.24) is 10.6 Å². The largest absolute Gasteiger partial charge is 0.493 e. The fourth-order valence-electron chi connectivity index (χ4n) is 6.19. The predicted octanol–water partition coefficient (Wildman–Crippen LogP) is 3.61. The summed E-state index contributed by atoms with van der Waals surface area (Å²) in [6.07, 6.45) is 7.10. The molecule has 1 aromatic rings. The van der Waals surface area contributed by atoms with Gasteiger partial charge in [-0.2, -0.15) is 0 Å². The average molecular weight is 416 g/mol. The van der Waals surface area contributed by atoms with Crippen molar-refractivity contribution in [2.45, 2.75) is 64.0 Å². The van der Waals surface area contributed by atoms with E-state index in [4.69, 9.17) is 9.47 Å². The van der Waals surface area contributed by atoms with Crippen molar-refractivity contribution in [3.05, 3.63) is 17.7 Å². The minimum absolute atomic E-state index is 0.115. The number of amides is 3. The highest BCUT2D eigenvalue weighted by Crippen LogP contribution is 2.55. The molecule has 0 radical (unpaired) electrons. The van der Waals surface area contributed by atoms with Gasteiger partial charge in [0.15, 0.2) is 11.5 Å². The molecule has 7 nitrogen and oxygen atoms in total. The number of hydrogen-bond acceptors (Lipinski definition) is 5. The van der Waals surface area contributed by atoms with Crippen molar-refractivity contribution in [1.29, 1.82) is 0 Å². The van der Waals surface area contributed by atoms with Crippen LogP contribution in [0.3, 0.4) is 0 Å². The summed E-state index contributed by atoms with van der Waals surface area (Å²) in [5.74, 6) is 3.07. The van der Waals surface area contributed by atoms with Crippen molar-refractivity contribution in [2.24, 2.45) is 17.8 Å². The SMILES string of the molecule is COc1cc(C)c(N[C@@H](C)C(=O)NC(=O)NC23CC4CC(CC(C4)C2)C3)cc1OC. The number of urea groups is 1. The van der Waals surface area contributed by atoms with Crippen LogP contribution in [0.5, 0.6) is 11.5 Å². The van der Waals surface area contributed by atoms with Crippen LogP contribution in [0, 0.1) is 24.7 Å². The van der Waals surface area contributed by atoms with Crippen molar-refractivity contribution in [2.75, 3.05) is 19.5 Å². The van der Waals surface area contributed by atoms with Crippen LogP contribution in [0.2, 0.25) is 0 Å². The van der Waals surface area contributed by atoms with E-state index in [-0.39, 0.29) is 17.5 Å². The van der Waals surface area contributed by atoms with Crippen LogP contribution in [0.15, 0.2) is 12.1 Å².